The number of aliphatic carboxylic acids is 1. The summed E-state index contributed by atoms with van der Waals surface area (Å²) in [5.41, 5.74) is 12.0. The number of amides is 3. The number of hydrogen-bond acceptors (Lipinski definition) is 17. The molecule has 0 radical (unpaired) electrons. The first-order valence-electron chi connectivity index (χ1n) is 20.5. The van der Waals surface area contributed by atoms with Crippen LogP contribution in [0.25, 0.3) is 0 Å². The van der Waals surface area contributed by atoms with Crippen molar-refractivity contribution in [2.75, 3.05) is 39.5 Å². The summed E-state index contributed by atoms with van der Waals surface area (Å²) < 4.78 is 32.5. The van der Waals surface area contributed by atoms with Gasteiger partial charge in [0, 0.05) is 65.8 Å². The van der Waals surface area contributed by atoms with Gasteiger partial charge in [-0.05, 0) is 57.8 Å². The maximum absolute atomic E-state index is 13.1. The molecule has 0 saturated carbocycles. The molecule has 21 nitrogen and oxygen atoms in total. The first-order valence-corrected chi connectivity index (χ1v) is 20.5. The van der Waals surface area contributed by atoms with Crippen LogP contribution in [0.3, 0.4) is 0 Å². The number of rotatable bonds is 29. The largest absolute Gasteiger partial charge is 0.481 e. The van der Waals surface area contributed by atoms with Gasteiger partial charge in [0.05, 0.1) is 24.3 Å². The zero-order chi connectivity index (χ0) is 43.7. The van der Waals surface area contributed by atoms with Crippen LogP contribution in [0, 0.1) is 0 Å². The maximum atomic E-state index is 13.1. The molecule has 0 spiro atoms. The molecule has 0 aromatic carbocycles. The van der Waals surface area contributed by atoms with Crippen LogP contribution in [0.4, 0.5) is 0 Å². The lowest BCUT2D eigenvalue weighted by Crippen LogP contribution is -2.62. The van der Waals surface area contributed by atoms with Crippen LogP contribution in [0.2, 0.25) is 0 Å². The van der Waals surface area contributed by atoms with Gasteiger partial charge in [-0.1, -0.05) is 6.42 Å². The number of nitrogens with one attached hydrogen (secondary N) is 3. The molecule has 2 aliphatic rings. The molecule has 2 aliphatic heterocycles. The number of unbranched alkanes of at least 4 members (excludes halogenated alkanes) is 5. The summed E-state index contributed by atoms with van der Waals surface area (Å²) in [6, 6.07) is -2.66. The van der Waals surface area contributed by atoms with E-state index < -0.39 is 79.1 Å². The summed E-state index contributed by atoms with van der Waals surface area (Å²) in [5.74, 6) is -2.81. The van der Waals surface area contributed by atoms with Crippen molar-refractivity contribution in [1.29, 1.82) is 0 Å². The number of carboxylic acids is 1. The van der Waals surface area contributed by atoms with Crippen molar-refractivity contribution in [2.24, 2.45) is 11.5 Å². The Morgan fingerprint density at radius 2 is 1.25 bits per heavy atom. The summed E-state index contributed by atoms with van der Waals surface area (Å²) in [7, 11) is 0. The third-order valence-electron chi connectivity index (χ3n) is 9.68. The lowest BCUT2D eigenvalue weighted by molar-refractivity contribution is -0.267. The minimum absolute atomic E-state index is 0.0176. The number of ether oxygens (including phenoxy) is 6. The summed E-state index contributed by atoms with van der Waals surface area (Å²) in [6.07, 6.45) is -1.68. The van der Waals surface area contributed by atoms with E-state index in [0.717, 1.165) is 0 Å². The highest BCUT2D eigenvalue weighted by atomic mass is 16.7. The molecule has 2 saturated heterocycles. The second-order valence-electron chi connectivity index (χ2n) is 14.8. The molecule has 0 aromatic rings. The Hall–Kier alpha value is -3.54. The van der Waals surface area contributed by atoms with Gasteiger partial charge in [-0.2, -0.15) is 0 Å². The average molecular weight is 850 g/mol. The Balaban J connectivity index is 1.72. The zero-order valence-electron chi connectivity index (χ0n) is 34.3. The minimum Gasteiger partial charge on any atom is -0.481 e. The fourth-order valence-electron chi connectivity index (χ4n) is 6.26. The molecule has 11 N–H and O–H groups in total. The van der Waals surface area contributed by atoms with Crippen molar-refractivity contribution in [3.05, 3.63) is 0 Å². The summed E-state index contributed by atoms with van der Waals surface area (Å²) in [4.78, 5) is 71.3. The number of nitrogens with two attached hydrogens (primary N) is 2. The average Bonchev–Trinajstić information content (AvgIpc) is 3.18. The molecule has 21 heteroatoms. The van der Waals surface area contributed by atoms with E-state index in [2.05, 4.69) is 16.0 Å². The zero-order valence-corrected chi connectivity index (χ0v) is 34.3. The molecule has 8 unspecified atom stereocenters. The molecule has 0 aromatic heterocycles. The van der Waals surface area contributed by atoms with Crippen molar-refractivity contribution in [3.8, 4) is 0 Å². The number of aliphatic hydroxyl groups excluding tert-OH is 3. The van der Waals surface area contributed by atoms with Gasteiger partial charge in [0.15, 0.2) is 12.6 Å². The Morgan fingerprint density at radius 1 is 0.678 bits per heavy atom. The van der Waals surface area contributed by atoms with Gasteiger partial charge in [-0.15, -0.1) is 0 Å². The minimum atomic E-state index is -1.38. The van der Waals surface area contributed by atoms with Crippen LogP contribution >= 0.6 is 0 Å². The van der Waals surface area contributed by atoms with E-state index >= 15 is 0 Å². The van der Waals surface area contributed by atoms with Gasteiger partial charge in [0.2, 0.25) is 17.7 Å². The van der Waals surface area contributed by atoms with E-state index in [1.54, 1.807) is 0 Å². The Bertz CT molecular complexity index is 1300. The molecule has 2 heterocycles. The summed E-state index contributed by atoms with van der Waals surface area (Å²) >= 11 is 0. The molecule has 2 fully saturated rings. The molecular weight excluding hydrogens is 782 g/mol. The van der Waals surface area contributed by atoms with Crippen molar-refractivity contribution >= 4 is 35.6 Å². The highest BCUT2D eigenvalue weighted by molar-refractivity contribution is 5.87. The third kappa shape index (κ3) is 21.5. The lowest BCUT2D eigenvalue weighted by Gasteiger charge is -2.40. The molecule has 3 amide bonds. The quantitative estimate of drug-likeness (QED) is 0.0309. The van der Waals surface area contributed by atoms with Gasteiger partial charge >= 0.3 is 17.9 Å². The van der Waals surface area contributed by atoms with Gasteiger partial charge in [-0.25, -0.2) is 0 Å². The Labute approximate surface area is 344 Å². The fourth-order valence-corrected chi connectivity index (χ4v) is 6.26. The first-order chi connectivity index (χ1) is 28.1. The molecule has 2 rings (SSSR count). The molecular formula is C38H67N5O16. The first kappa shape index (κ1) is 51.6. The summed E-state index contributed by atoms with van der Waals surface area (Å²) in [6.45, 7) is 3.20. The SMILES string of the molecule is CC(=O)OCC1CC(O)[C@H](N)C(OCCCCC(=O)NCCCC[C@H](NC(=O)CCCCOC2OC(COC(C)=O)C(O)C(O)C2N)C(=O)NCCCCCC(=O)O)O1. The second kappa shape index (κ2) is 28.8. The van der Waals surface area contributed by atoms with E-state index in [9.17, 15) is 44.1 Å². The van der Waals surface area contributed by atoms with Crippen molar-refractivity contribution in [1.82, 2.24) is 16.0 Å². The number of aliphatic hydroxyl groups is 3. The number of esters is 2. The van der Waals surface area contributed by atoms with Crippen molar-refractivity contribution in [3.63, 3.8) is 0 Å². The highest BCUT2D eigenvalue weighted by Gasteiger charge is 2.43. The van der Waals surface area contributed by atoms with Crippen LogP contribution in [0.5, 0.6) is 0 Å². The number of carbonyl (C=O) groups is 6. The molecule has 340 valence electrons. The molecule has 0 bridgehead atoms. The topological polar surface area (TPSA) is 327 Å². The predicted molar refractivity (Wildman–Crippen MR) is 207 cm³/mol. The predicted octanol–water partition coefficient (Wildman–Crippen LogP) is -1.40. The van der Waals surface area contributed by atoms with E-state index in [1.165, 1.54) is 13.8 Å². The van der Waals surface area contributed by atoms with E-state index in [4.69, 9.17) is 45.0 Å². The van der Waals surface area contributed by atoms with Crippen molar-refractivity contribution < 1.29 is 77.6 Å². The smallest absolute Gasteiger partial charge is 0.303 e. The standard InChI is InChI=1S/C38H67N5O16/c1-23(44)56-21-25-20-27(46)32(39)37(58-25)54-18-10-6-13-29(47)41-16-9-5-12-26(36(53)42-17-8-3-4-15-31(49)50)43-30(48)14-7-11-19-55-38-33(40)35(52)34(51)28(59-38)22-57-24(2)45/h25-28,32-35,37-38,46,51-52H,3-22,39-40H2,1-2H3,(H,41,47)(H,42,53)(H,43,48)(H,49,50)/t25?,26-,27?,28?,32-,33?,34?,35?,37?,38?/m0/s1. The molecule has 10 atom stereocenters. The van der Waals surface area contributed by atoms with Crippen LogP contribution in [-0.2, 0) is 57.2 Å². The van der Waals surface area contributed by atoms with Gasteiger partial charge in [0.1, 0.15) is 37.6 Å². The van der Waals surface area contributed by atoms with Crippen LogP contribution in [0.1, 0.15) is 104 Å². The fraction of sp³-hybridized carbons (Fsp3) is 0.842. The molecule has 0 aliphatic carbocycles. The normalized spacial score (nSPS) is 26.0. The number of carbonyl (C=O) groups excluding carboxylic acids is 5. The summed E-state index contributed by atoms with van der Waals surface area (Å²) in [5, 5.41) is 48.0. The van der Waals surface area contributed by atoms with Gasteiger partial charge in [0.25, 0.3) is 0 Å². The van der Waals surface area contributed by atoms with E-state index in [0.29, 0.717) is 77.3 Å². The van der Waals surface area contributed by atoms with Crippen LogP contribution in [0.15, 0.2) is 0 Å². The van der Waals surface area contributed by atoms with Crippen LogP contribution in [-0.4, -0.2) is 157 Å². The maximum Gasteiger partial charge on any atom is 0.303 e. The number of carboxylic acid groups (broad SMARTS) is 1. The highest BCUT2D eigenvalue weighted by Crippen LogP contribution is 2.23. The monoisotopic (exact) mass is 849 g/mol. The van der Waals surface area contributed by atoms with Crippen LogP contribution < -0.4 is 27.4 Å². The van der Waals surface area contributed by atoms with Crippen molar-refractivity contribution in [2.45, 2.75) is 165 Å². The van der Waals surface area contributed by atoms with Gasteiger partial charge in [-0.3, -0.25) is 28.8 Å². The Kier molecular flexibility index (Phi) is 25.2. The second-order valence-corrected chi connectivity index (χ2v) is 14.8. The van der Waals surface area contributed by atoms with E-state index in [1.807, 2.05) is 0 Å². The van der Waals surface area contributed by atoms with Gasteiger partial charge < -0.3 is 76.3 Å². The van der Waals surface area contributed by atoms with E-state index in [-0.39, 0.29) is 69.8 Å². The third-order valence-corrected chi connectivity index (χ3v) is 9.68. The number of hydrogen-bond donors (Lipinski definition) is 9. The molecule has 59 heavy (non-hydrogen) atoms. The Morgan fingerprint density at radius 3 is 1.90 bits per heavy atom. The lowest BCUT2D eigenvalue weighted by atomic mass is 9.98.